The SMILES string of the molecule is COc1ccc(SCC(=O)O[C@@H](C)C(=O)NC2CCCCC2)cc1. The summed E-state index contributed by atoms with van der Waals surface area (Å²) in [5.41, 5.74) is 0. The van der Waals surface area contributed by atoms with Gasteiger partial charge >= 0.3 is 5.97 Å². The lowest BCUT2D eigenvalue weighted by molar-refractivity contribution is -0.152. The smallest absolute Gasteiger partial charge is 0.317 e. The minimum atomic E-state index is -0.754. The van der Waals surface area contributed by atoms with Crippen molar-refractivity contribution >= 4 is 23.6 Å². The van der Waals surface area contributed by atoms with Crippen molar-refractivity contribution in [3.8, 4) is 5.75 Å². The van der Waals surface area contributed by atoms with Gasteiger partial charge in [0, 0.05) is 10.9 Å². The molecule has 132 valence electrons. The second kappa shape index (κ2) is 9.57. The largest absolute Gasteiger partial charge is 0.497 e. The Morgan fingerprint density at radius 3 is 2.50 bits per heavy atom. The molecule has 1 aromatic rings. The third-order valence-electron chi connectivity index (χ3n) is 4.05. The fraction of sp³-hybridized carbons (Fsp3) is 0.556. The van der Waals surface area contributed by atoms with E-state index in [0.29, 0.717) is 0 Å². The zero-order valence-electron chi connectivity index (χ0n) is 14.2. The Morgan fingerprint density at radius 1 is 1.21 bits per heavy atom. The summed E-state index contributed by atoms with van der Waals surface area (Å²) >= 11 is 1.38. The van der Waals surface area contributed by atoms with Gasteiger partial charge in [0.15, 0.2) is 6.10 Å². The van der Waals surface area contributed by atoms with E-state index >= 15 is 0 Å². The van der Waals surface area contributed by atoms with Crippen LogP contribution in [0.1, 0.15) is 39.0 Å². The Labute approximate surface area is 147 Å². The number of amides is 1. The molecule has 0 aliphatic heterocycles. The summed E-state index contributed by atoms with van der Waals surface area (Å²) in [4.78, 5) is 24.9. The summed E-state index contributed by atoms with van der Waals surface area (Å²) in [6, 6.07) is 7.68. The van der Waals surface area contributed by atoms with Gasteiger partial charge < -0.3 is 14.8 Å². The molecule has 0 unspecified atom stereocenters. The predicted octanol–water partition coefficient (Wildman–Crippen LogP) is 3.17. The van der Waals surface area contributed by atoms with E-state index in [9.17, 15) is 9.59 Å². The summed E-state index contributed by atoms with van der Waals surface area (Å²) in [7, 11) is 1.61. The van der Waals surface area contributed by atoms with Crippen LogP contribution in [-0.4, -0.2) is 36.9 Å². The monoisotopic (exact) mass is 351 g/mol. The van der Waals surface area contributed by atoms with E-state index in [-0.39, 0.29) is 23.7 Å². The van der Waals surface area contributed by atoms with Crippen LogP contribution in [0.5, 0.6) is 5.75 Å². The number of carbonyl (C=O) groups excluding carboxylic acids is 2. The van der Waals surface area contributed by atoms with Gasteiger partial charge in [-0.15, -0.1) is 11.8 Å². The molecule has 1 aromatic carbocycles. The molecule has 0 aromatic heterocycles. The maximum absolute atomic E-state index is 12.1. The van der Waals surface area contributed by atoms with Crippen molar-refractivity contribution in [1.29, 1.82) is 0 Å². The van der Waals surface area contributed by atoms with E-state index in [2.05, 4.69) is 5.32 Å². The first-order valence-corrected chi connectivity index (χ1v) is 9.33. The molecule has 6 heteroatoms. The van der Waals surface area contributed by atoms with Crippen LogP contribution < -0.4 is 10.1 Å². The Balaban J connectivity index is 1.70. The fourth-order valence-electron chi connectivity index (χ4n) is 2.66. The highest BCUT2D eigenvalue weighted by atomic mass is 32.2. The average Bonchev–Trinajstić information content (AvgIpc) is 2.61. The van der Waals surface area contributed by atoms with Gasteiger partial charge in [-0.3, -0.25) is 9.59 Å². The van der Waals surface area contributed by atoms with Crippen LogP contribution in [0.4, 0.5) is 0 Å². The number of hydrogen-bond donors (Lipinski definition) is 1. The average molecular weight is 351 g/mol. The van der Waals surface area contributed by atoms with Gasteiger partial charge in [0.1, 0.15) is 5.75 Å². The lowest BCUT2D eigenvalue weighted by atomic mass is 9.95. The normalized spacial score (nSPS) is 16.2. The summed E-state index contributed by atoms with van der Waals surface area (Å²) < 4.78 is 10.3. The molecule has 1 aliphatic rings. The van der Waals surface area contributed by atoms with Crippen molar-refractivity contribution in [2.75, 3.05) is 12.9 Å². The highest BCUT2D eigenvalue weighted by molar-refractivity contribution is 8.00. The van der Waals surface area contributed by atoms with E-state index in [1.165, 1.54) is 18.2 Å². The molecular formula is C18H25NO4S. The predicted molar refractivity (Wildman–Crippen MR) is 94.3 cm³/mol. The van der Waals surface area contributed by atoms with Crippen molar-refractivity contribution in [3.05, 3.63) is 24.3 Å². The number of benzene rings is 1. The summed E-state index contributed by atoms with van der Waals surface area (Å²) in [5, 5.41) is 2.97. The topological polar surface area (TPSA) is 64.6 Å². The van der Waals surface area contributed by atoms with Crippen LogP contribution in [0.3, 0.4) is 0 Å². The molecule has 1 amide bonds. The molecule has 5 nitrogen and oxygen atoms in total. The molecule has 0 bridgehead atoms. The quantitative estimate of drug-likeness (QED) is 0.604. The molecule has 1 N–H and O–H groups in total. The third kappa shape index (κ3) is 6.07. The third-order valence-corrected chi connectivity index (χ3v) is 5.03. The number of thioether (sulfide) groups is 1. The number of methoxy groups -OCH3 is 1. The van der Waals surface area contributed by atoms with Crippen LogP contribution in [0, 0.1) is 0 Å². The Hall–Kier alpha value is -1.69. The number of ether oxygens (including phenoxy) is 2. The molecule has 1 saturated carbocycles. The van der Waals surface area contributed by atoms with Gasteiger partial charge in [-0.05, 0) is 44.0 Å². The van der Waals surface area contributed by atoms with Gasteiger partial charge in [-0.25, -0.2) is 0 Å². The minimum absolute atomic E-state index is 0.174. The van der Waals surface area contributed by atoms with Gasteiger partial charge in [-0.1, -0.05) is 19.3 Å². The van der Waals surface area contributed by atoms with Crippen LogP contribution >= 0.6 is 11.8 Å². The van der Waals surface area contributed by atoms with E-state index < -0.39 is 6.10 Å². The van der Waals surface area contributed by atoms with Gasteiger partial charge in [0.2, 0.25) is 0 Å². The first-order valence-electron chi connectivity index (χ1n) is 8.35. The summed E-state index contributed by atoms with van der Waals surface area (Å²) in [5.74, 6) is 0.356. The number of carbonyl (C=O) groups is 2. The van der Waals surface area contributed by atoms with Crippen molar-refractivity contribution in [1.82, 2.24) is 5.32 Å². The Kier molecular flexibility index (Phi) is 7.43. The number of hydrogen-bond acceptors (Lipinski definition) is 5. The first kappa shape index (κ1) is 18.6. The van der Waals surface area contributed by atoms with E-state index in [4.69, 9.17) is 9.47 Å². The zero-order chi connectivity index (χ0) is 17.4. The lowest BCUT2D eigenvalue weighted by Crippen LogP contribution is -2.43. The standard InChI is InChI=1S/C18H25NO4S/c1-13(18(21)19-14-6-4-3-5-7-14)23-17(20)12-24-16-10-8-15(22-2)9-11-16/h8-11,13-14H,3-7,12H2,1-2H3,(H,19,21)/t13-/m0/s1. The molecule has 1 atom stereocenters. The van der Waals surface area contributed by atoms with E-state index in [1.54, 1.807) is 14.0 Å². The van der Waals surface area contributed by atoms with Gasteiger partial charge in [0.05, 0.1) is 12.9 Å². The summed E-state index contributed by atoms with van der Waals surface area (Å²) in [6.45, 7) is 1.62. The number of nitrogens with one attached hydrogen (secondary N) is 1. The van der Waals surface area contributed by atoms with Crippen molar-refractivity contribution in [2.45, 2.75) is 56.1 Å². The van der Waals surface area contributed by atoms with Crippen molar-refractivity contribution in [2.24, 2.45) is 0 Å². The molecule has 0 radical (unpaired) electrons. The second-order valence-electron chi connectivity index (χ2n) is 5.94. The molecule has 0 spiro atoms. The highest BCUT2D eigenvalue weighted by Crippen LogP contribution is 2.21. The van der Waals surface area contributed by atoms with Crippen LogP contribution in [0.25, 0.3) is 0 Å². The highest BCUT2D eigenvalue weighted by Gasteiger charge is 2.22. The van der Waals surface area contributed by atoms with E-state index in [1.807, 2.05) is 24.3 Å². The summed E-state index contributed by atoms with van der Waals surface area (Å²) in [6.07, 6.45) is 4.81. The molecule has 24 heavy (non-hydrogen) atoms. The van der Waals surface area contributed by atoms with Crippen LogP contribution in [0.15, 0.2) is 29.2 Å². The first-order chi connectivity index (χ1) is 11.6. The molecule has 2 rings (SSSR count). The van der Waals surface area contributed by atoms with E-state index in [0.717, 1.165) is 36.3 Å². The molecule has 1 aliphatic carbocycles. The fourth-order valence-corrected chi connectivity index (χ4v) is 3.35. The number of esters is 1. The van der Waals surface area contributed by atoms with Gasteiger partial charge in [0.25, 0.3) is 5.91 Å². The number of rotatable bonds is 7. The van der Waals surface area contributed by atoms with Crippen LogP contribution in [0.2, 0.25) is 0 Å². The van der Waals surface area contributed by atoms with Gasteiger partial charge in [-0.2, -0.15) is 0 Å². The molecule has 1 fully saturated rings. The zero-order valence-corrected chi connectivity index (χ0v) is 15.1. The second-order valence-corrected chi connectivity index (χ2v) is 6.99. The maximum Gasteiger partial charge on any atom is 0.317 e. The lowest BCUT2D eigenvalue weighted by Gasteiger charge is -2.24. The van der Waals surface area contributed by atoms with Crippen molar-refractivity contribution < 1.29 is 19.1 Å². The maximum atomic E-state index is 12.1. The van der Waals surface area contributed by atoms with Crippen molar-refractivity contribution in [3.63, 3.8) is 0 Å². The molecule has 0 heterocycles. The molecular weight excluding hydrogens is 326 g/mol. The Morgan fingerprint density at radius 2 is 1.88 bits per heavy atom. The van der Waals surface area contributed by atoms with Crippen LogP contribution in [-0.2, 0) is 14.3 Å². The Bertz CT molecular complexity index is 540. The minimum Gasteiger partial charge on any atom is -0.497 e. The molecule has 0 saturated heterocycles.